The Labute approximate surface area is 163 Å². The summed E-state index contributed by atoms with van der Waals surface area (Å²) in [6.45, 7) is 0. The van der Waals surface area contributed by atoms with Crippen molar-refractivity contribution in [3.8, 4) is 0 Å². The molecule has 0 amide bonds. The van der Waals surface area contributed by atoms with Crippen LogP contribution in [-0.4, -0.2) is 22.3 Å². The predicted molar refractivity (Wildman–Crippen MR) is 61.6 cm³/mol. The van der Waals surface area contributed by atoms with Crippen LogP contribution >= 0.6 is 15.2 Å². The van der Waals surface area contributed by atoms with Crippen LogP contribution in [-0.2, 0) is 13.8 Å². The molecule has 110 valence electrons. The van der Waals surface area contributed by atoms with Crippen LogP contribution in [0.3, 0.4) is 0 Å². The van der Waals surface area contributed by atoms with Crippen molar-refractivity contribution in [2.75, 3.05) is 5.90 Å². The molecule has 20 heavy (non-hydrogen) atoms. The molecule has 0 aromatic heterocycles. The molecule has 0 bridgehead atoms. The molecule has 0 aliphatic heterocycles. The van der Waals surface area contributed by atoms with Gasteiger partial charge in [-0.2, -0.15) is 5.48 Å². The monoisotopic (exact) mass is 349 g/mol. The van der Waals surface area contributed by atoms with E-state index in [1.807, 2.05) is 0 Å². The zero-order valence-electron chi connectivity index (χ0n) is 11.9. The van der Waals surface area contributed by atoms with Crippen molar-refractivity contribution in [3.05, 3.63) is 0 Å². The summed E-state index contributed by atoms with van der Waals surface area (Å²) in [6, 6.07) is -0.0792. The second-order valence-electron chi connectivity index (χ2n) is 4.29. The molecule has 1 aliphatic rings. The van der Waals surface area contributed by atoms with Crippen LogP contribution in [0.4, 0.5) is 0 Å². The zero-order valence-corrected chi connectivity index (χ0v) is 17.7. The Kier molecular flexibility index (Phi) is 17.1. The van der Waals surface area contributed by atoms with E-state index in [9.17, 15) is 18.9 Å². The van der Waals surface area contributed by atoms with Crippen molar-refractivity contribution in [1.29, 1.82) is 0 Å². The SMILES string of the molecule is O.O=P([O-])(O)CP(=O)([O-])ONC1CCCCCC1.[Na+].[Na+]. The number of nitrogens with one attached hydrogen (secondary N) is 1. The fraction of sp³-hybridized carbons (Fsp3) is 1.00. The number of hydroxylamine groups is 1. The first-order valence-electron chi connectivity index (χ1n) is 5.55. The van der Waals surface area contributed by atoms with Crippen molar-refractivity contribution >= 4 is 15.2 Å². The van der Waals surface area contributed by atoms with Crippen molar-refractivity contribution in [2.24, 2.45) is 0 Å². The summed E-state index contributed by atoms with van der Waals surface area (Å²) in [6.07, 6.45) is 5.80. The number of rotatable bonds is 5. The Morgan fingerprint density at radius 3 is 1.95 bits per heavy atom. The van der Waals surface area contributed by atoms with Crippen LogP contribution in [0.15, 0.2) is 0 Å². The third-order valence-corrected chi connectivity index (χ3v) is 5.76. The minimum atomic E-state index is -4.86. The second kappa shape index (κ2) is 12.6. The molecule has 2 atom stereocenters. The first-order chi connectivity index (χ1) is 7.79. The molecule has 1 rings (SSSR count). The number of hydrogen-bond donors (Lipinski definition) is 2. The summed E-state index contributed by atoms with van der Waals surface area (Å²) in [5, 5.41) is 0. The Hall–Kier alpha value is 2.22. The topological polar surface area (TPSA) is 153 Å². The molecular formula is C8H19NNa2O7P2. The fourth-order valence-corrected chi connectivity index (χ4v) is 4.09. The molecule has 0 radical (unpaired) electrons. The molecule has 1 aliphatic carbocycles. The third-order valence-electron chi connectivity index (χ3n) is 2.57. The normalized spacial score (nSPS) is 21.9. The molecule has 12 heteroatoms. The molecule has 0 heterocycles. The van der Waals surface area contributed by atoms with Gasteiger partial charge in [0.15, 0.2) is 7.60 Å². The quantitative estimate of drug-likeness (QED) is 0.216. The molecule has 0 aromatic carbocycles. The van der Waals surface area contributed by atoms with Gasteiger partial charge in [-0.1, -0.05) is 25.7 Å². The van der Waals surface area contributed by atoms with Gasteiger partial charge >= 0.3 is 59.1 Å². The molecule has 8 nitrogen and oxygen atoms in total. The van der Waals surface area contributed by atoms with E-state index in [2.05, 4.69) is 10.1 Å². The van der Waals surface area contributed by atoms with Crippen LogP contribution < -0.4 is 74.4 Å². The summed E-state index contributed by atoms with van der Waals surface area (Å²) in [4.78, 5) is 30.1. The summed E-state index contributed by atoms with van der Waals surface area (Å²) >= 11 is 0. The molecule has 1 fully saturated rings. The smallest absolute Gasteiger partial charge is 0.778 e. The van der Waals surface area contributed by atoms with Gasteiger partial charge in [-0.05, 0) is 12.8 Å². The molecule has 2 unspecified atom stereocenters. The van der Waals surface area contributed by atoms with Gasteiger partial charge in [0.2, 0.25) is 0 Å². The predicted octanol–water partition coefficient (Wildman–Crippen LogP) is -6.53. The Balaban J connectivity index is -0.000000963. The van der Waals surface area contributed by atoms with E-state index < -0.39 is 21.1 Å². The van der Waals surface area contributed by atoms with Gasteiger partial charge in [0, 0.05) is 6.04 Å². The third kappa shape index (κ3) is 13.9. The molecule has 0 saturated heterocycles. The summed E-state index contributed by atoms with van der Waals surface area (Å²) < 4.78 is 26.1. The molecular weight excluding hydrogens is 330 g/mol. The Bertz CT molecular complexity index is 333. The number of hydrogen-bond acceptors (Lipinski definition) is 6. The second-order valence-corrected chi connectivity index (χ2v) is 8.10. The van der Waals surface area contributed by atoms with Gasteiger partial charge in [-0.3, -0.25) is 4.62 Å². The van der Waals surface area contributed by atoms with E-state index >= 15 is 0 Å². The minimum absolute atomic E-state index is 0. The standard InChI is InChI=1S/C8H19NO6P2.2Na.H2O/c10-16(11,12)7-17(13,14)15-9-8-5-3-1-2-4-6-8;;;/h8-9H,1-7H2,(H,13,14)(H2,10,11,12);;;1H2/q;2*+1;/p-2. The minimum Gasteiger partial charge on any atom is -0.778 e. The average molecular weight is 349 g/mol. The van der Waals surface area contributed by atoms with Gasteiger partial charge < -0.3 is 29.3 Å². The maximum atomic E-state index is 11.2. The molecule has 4 N–H and O–H groups in total. The van der Waals surface area contributed by atoms with E-state index in [1.165, 1.54) is 0 Å². The molecule has 0 spiro atoms. The average Bonchev–Trinajstić information content (AvgIpc) is 2.38. The fourth-order valence-electron chi connectivity index (χ4n) is 1.80. The summed E-state index contributed by atoms with van der Waals surface area (Å²) in [5.41, 5.74) is 2.38. The summed E-state index contributed by atoms with van der Waals surface area (Å²) in [5.74, 6) is -1.38. The van der Waals surface area contributed by atoms with E-state index in [0.29, 0.717) is 0 Å². The van der Waals surface area contributed by atoms with Crippen LogP contribution in [0, 0.1) is 0 Å². The van der Waals surface area contributed by atoms with Gasteiger partial charge in [0.1, 0.15) is 7.60 Å². The first kappa shape index (κ1) is 27.1. The van der Waals surface area contributed by atoms with Gasteiger partial charge in [-0.15, -0.1) is 0 Å². The Morgan fingerprint density at radius 2 is 1.55 bits per heavy atom. The Morgan fingerprint density at radius 1 is 1.10 bits per heavy atom. The molecule has 0 aromatic rings. The zero-order chi connectivity index (χ0) is 12.9. The van der Waals surface area contributed by atoms with Crippen LogP contribution in [0.1, 0.15) is 38.5 Å². The molecule has 1 saturated carbocycles. The maximum absolute atomic E-state index is 11.2. The van der Waals surface area contributed by atoms with Crippen molar-refractivity contribution < 1.29 is 93.0 Å². The van der Waals surface area contributed by atoms with E-state index in [4.69, 9.17) is 4.89 Å². The van der Waals surface area contributed by atoms with E-state index in [-0.39, 0.29) is 70.6 Å². The largest absolute Gasteiger partial charge is 1.00 e. The van der Waals surface area contributed by atoms with Gasteiger partial charge in [-0.25, -0.2) is 0 Å². The van der Waals surface area contributed by atoms with Gasteiger partial charge in [0.25, 0.3) is 0 Å². The van der Waals surface area contributed by atoms with Crippen molar-refractivity contribution in [1.82, 2.24) is 5.48 Å². The summed E-state index contributed by atoms with van der Waals surface area (Å²) in [7, 11) is -9.44. The van der Waals surface area contributed by atoms with Crippen LogP contribution in [0.5, 0.6) is 0 Å². The van der Waals surface area contributed by atoms with Crippen molar-refractivity contribution in [3.63, 3.8) is 0 Å². The van der Waals surface area contributed by atoms with Crippen LogP contribution in [0.25, 0.3) is 0 Å². The van der Waals surface area contributed by atoms with Gasteiger partial charge in [0.05, 0.1) is 5.90 Å². The van der Waals surface area contributed by atoms with Crippen molar-refractivity contribution in [2.45, 2.75) is 44.6 Å². The maximum Gasteiger partial charge on any atom is 1.00 e. The van der Waals surface area contributed by atoms with Crippen LogP contribution in [0.2, 0.25) is 0 Å². The van der Waals surface area contributed by atoms with E-state index in [1.54, 1.807) is 0 Å². The van der Waals surface area contributed by atoms with E-state index in [0.717, 1.165) is 38.5 Å². The first-order valence-corrected chi connectivity index (χ1v) is 9.05.